The highest BCUT2D eigenvalue weighted by Crippen LogP contribution is 2.31. The Kier molecular flexibility index (Phi) is 6.12. The van der Waals surface area contributed by atoms with Crippen LogP contribution in [-0.4, -0.2) is 37.4 Å². The largest absolute Gasteiger partial charge is 0.352 e. The van der Waals surface area contributed by atoms with E-state index in [0.717, 1.165) is 60.7 Å². The van der Waals surface area contributed by atoms with Crippen LogP contribution in [0.25, 0.3) is 51.1 Å². The molecule has 35 heavy (non-hydrogen) atoms. The third-order valence-corrected chi connectivity index (χ3v) is 6.03. The monoisotopic (exact) mass is 467 g/mol. The highest BCUT2D eigenvalue weighted by Gasteiger charge is 2.13. The van der Waals surface area contributed by atoms with Gasteiger partial charge in [-0.15, -0.1) is 0 Å². The lowest BCUT2D eigenvalue weighted by Crippen LogP contribution is -2.23. The number of fused-ring (bicyclic) bond motifs is 1. The predicted molar refractivity (Wildman–Crippen MR) is 138 cm³/mol. The van der Waals surface area contributed by atoms with Crippen LogP contribution in [0, 0.1) is 5.82 Å². The smallest absolute Gasteiger partial charge is 0.124 e. The van der Waals surface area contributed by atoms with E-state index >= 15 is 0 Å². The third-order valence-electron chi connectivity index (χ3n) is 6.03. The Morgan fingerprint density at radius 1 is 1.14 bits per heavy atom. The first-order valence-corrected chi connectivity index (χ1v) is 11.4. The molecule has 8 heteroatoms. The molecule has 0 bridgehead atoms. The number of rotatable bonds is 6. The van der Waals surface area contributed by atoms with E-state index in [9.17, 15) is 4.39 Å². The van der Waals surface area contributed by atoms with Gasteiger partial charge in [-0.1, -0.05) is 12.2 Å². The molecular formula is C27H26FN7. The summed E-state index contributed by atoms with van der Waals surface area (Å²) in [6.45, 7) is 4.61. The van der Waals surface area contributed by atoms with Crippen molar-refractivity contribution in [3.8, 4) is 22.5 Å². The average Bonchev–Trinajstić information content (AvgIpc) is 3.61. The zero-order valence-electron chi connectivity index (χ0n) is 19.8. The van der Waals surface area contributed by atoms with E-state index < -0.39 is 0 Å². The topological polar surface area (TPSA) is 98.1 Å². The second kappa shape index (κ2) is 9.52. The summed E-state index contributed by atoms with van der Waals surface area (Å²) in [5.41, 5.74) is 7.19. The van der Waals surface area contributed by atoms with Gasteiger partial charge in [0.15, 0.2) is 0 Å². The molecule has 0 amide bonds. The molecule has 4 aromatic heterocycles. The maximum Gasteiger partial charge on any atom is 0.124 e. The van der Waals surface area contributed by atoms with Gasteiger partial charge in [-0.3, -0.25) is 15.2 Å². The van der Waals surface area contributed by atoms with E-state index in [1.54, 1.807) is 30.7 Å². The lowest BCUT2D eigenvalue weighted by Gasteiger charge is -2.07. The van der Waals surface area contributed by atoms with E-state index in [-0.39, 0.29) is 5.82 Å². The third kappa shape index (κ3) is 4.43. The number of hydrogen-bond acceptors (Lipinski definition) is 4. The van der Waals surface area contributed by atoms with Crippen LogP contribution < -0.4 is 15.9 Å². The van der Waals surface area contributed by atoms with Crippen LogP contribution in [0.15, 0.2) is 55.1 Å². The van der Waals surface area contributed by atoms with Crippen molar-refractivity contribution in [1.82, 2.24) is 35.7 Å². The molecule has 7 nitrogen and oxygen atoms in total. The molecule has 0 aliphatic rings. The minimum Gasteiger partial charge on any atom is -0.352 e. The quantitative estimate of drug-likeness (QED) is 0.305. The van der Waals surface area contributed by atoms with E-state index in [0.29, 0.717) is 6.54 Å². The number of allylic oxidation sites excluding steroid dienone is 2. The van der Waals surface area contributed by atoms with Crippen molar-refractivity contribution in [3.05, 3.63) is 82.6 Å². The standard InChI is InChI=1S/C27H26FN7/c1-4-21-24(6-5-16(2)19-12-31-32-13-19)34-35-27(21)25-10-22-23(14-30-15-26(22)33-25)18-7-17(11-29-3)8-20(28)9-18/h4-10,12-15,29,33-34H,11H2,1-3H3,(H,31,32)/b16-5+,21-4-,24-6+. The maximum atomic E-state index is 14.3. The normalized spacial score (nSPS) is 13.3. The number of hydrogen-bond donors (Lipinski definition) is 4. The SMILES string of the molecule is C\C=c1/c(-c2cc3c(-c4cc(F)cc(CNC)c4)cncc3[nH]2)n[nH]/c1=C/C=C(\C)c1cn[nH]c1. The van der Waals surface area contributed by atoms with E-state index in [1.165, 1.54) is 0 Å². The number of benzene rings is 1. The van der Waals surface area contributed by atoms with Crippen LogP contribution in [0.1, 0.15) is 25.0 Å². The lowest BCUT2D eigenvalue weighted by atomic mass is 10.0. The zero-order chi connectivity index (χ0) is 24.4. The fourth-order valence-electron chi connectivity index (χ4n) is 4.28. The summed E-state index contributed by atoms with van der Waals surface area (Å²) in [5, 5.41) is 20.5. The zero-order valence-corrected chi connectivity index (χ0v) is 19.8. The minimum atomic E-state index is -0.269. The molecule has 4 N–H and O–H groups in total. The van der Waals surface area contributed by atoms with Crippen LogP contribution in [0.3, 0.4) is 0 Å². The molecule has 0 aliphatic carbocycles. The molecule has 4 heterocycles. The fraction of sp³-hybridized carbons (Fsp3) is 0.148. The van der Waals surface area contributed by atoms with Crippen molar-refractivity contribution in [2.75, 3.05) is 7.05 Å². The van der Waals surface area contributed by atoms with Gasteiger partial charge in [0.25, 0.3) is 0 Å². The highest BCUT2D eigenvalue weighted by molar-refractivity contribution is 5.97. The van der Waals surface area contributed by atoms with Crippen LogP contribution in [0.2, 0.25) is 0 Å². The first-order chi connectivity index (χ1) is 17.1. The van der Waals surface area contributed by atoms with Crippen molar-refractivity contribution in [2.24, 2.45) is 0 Å². The average molecular weight is 468 g/mol. The summed E-state index contributed by atoms with van der Waals surface area (Å²) in [7, 11) is 1.85. The molecule has 0 unspecified atom stereocenters. The van der Waals surface area contributed by atoms with Crippen molar-refractivity contribution < 1.29 is 4.39 Å². The van der Waals surface area contributed by atoms with Crippen molar-refractivity contribution in [3.63, 3.8) is 0 Å². The van der Waals surface area contributed by atoms with Crippen molar-refractivity contribution in [2.45, 2.75) is 20.4 Å². The Hall–Kier alpha value is -4.30. The van der Waals surface area contributed by atoms with Gasteiger partial charge < -0.3 is 10.3 Å². The number of halogens is 1. The van der Waals surface area contributed by atoms with Crippen molar-refractivity contribution >= 4 is 28.6 Å². The van der Waals surface area contributed by atoms with Crippen LogP contribution >= 0.6 is 0 Å². The molecule has 0 saturated carbocycles. The Labute approximate surface area is 201 Å². The van der Waals surface area contributed by atoms with Crippen LogP contribution in [0.4, 0.5) is 4.39 Å². The summed E-state index contributed by atoms with van der Waals surface area (Å²) >= 11 is 0. The van der Waals surface area contributed by atoms with Gasteiger partial charge in [0.1, 0.15) is 11.5 Å². The predicted octanol–water partition coefficient (Wildman–Crippen LogP) is 3.89. The molecule has 0 spiro atoms. The molecule has 5 rings (SSSR count). The molecule has 5 aromatic rings. The lowest BCUT2D eigenvalue weighted by molar-refractivity contribution is 0.624. The second-order valence-electron chi connectivity index (χ2n) is 8.40. The van der Waals surface area contributed by atoms with E-state index in [1.807, 2.05) is 51.4 Å². The number of nitrogens with zero attached hydrogens (tertiary/aromatic N) is 3. The van der Waals surface area contributed by atoms with Gasteiger partial charge >= 0.3 is 0 Å². The molecule has 0 fully saturated rings. The Bertz CT molecular complexity index is 1640. The van der Waals surface area contributed by atoms with Gasteiger partial charge in [0.05, 0.1) is 29.0 Å². The van der Waals surface area contributed by atoms with Gasteiger partial charge in [0, 0.05) is 40.7 Å². The minimum absolute atomic E-state index is 0.269. The Morgan fingerprint density at radius 3 is 2.80 bits per heavy atom. The maximum absolute atomic E-state index is 14.3. The van der Waals surface area contributed by atoms with Gasteiger partial charge in [-0.25, -0.2) is 4.39 Å². The van der Waals surface area contributed by atoms with Crippen molar-refractivity contribution in [1.29, 1.82) is 0 Å². The van der Waals surface area contributed by atoms with Gasteiger partial charge in [-0.2, -0.15) is 10.2 Å². The Morgan fingerprint density at radius 2 is 2.03 bits per heavy atom. The highest BCUT2D eigenvalue weighted by atomic mass is 19.1. The van der Waals surface area contributed by atoms with Gasteiger partial charge in [0.2, 0.25) is 0 Å². The first-order valence-electron chi connectivity index (χ1n) is 11.4. The van der Waals surface area contributed by atoms with Crippen LogP contribution in [-0.2, 0) is 6.54 Å². The summed E-state index contributed by atoms with van der Waals surface area (Å²) in [6.07, 6.45) is 13.3. The van der Waals surface area contributed by atoms with E-state index in [2.05, 4.69) is 41.7 Å². The number of pyridine rings is 1. The number of aromatic nitrogens is 6. The van der Waals surface area contributed by atoms with Gasteiger partial charge in [-0.05, 0) is 67.9 Å². The molecular weight excluding hydrogens is 441 g/mol. The molecule has 0 radical (unpaired) electrons. The molecule has 0 atom stereocenters. The van der Waals surface area contributed by atoms with E-state index in [4.69, 9.17) is 0 Å². The fourth-order valence-corrected chi connectivity index (χ4v) is 4.28. The molecule has 176 valence electrons. The summed E-state index contributed by atoms with van der Waals surface area (Å²) in [5.74, 6) is -0.269. The summed E-state index contributed by atoms with van der Waals surface area (Å²) in [6, 6.07) is 7.13. The number of aromatic amines is 3. The number of nitrogens with one attached hydrogen (secondary N) is 4. The first kappa shape index (κ1) is 22.5. The summed E-state index contributed by atoms with van der Waals surface area (Å²) < 4.78 is 14.3. The van der Waals surface area contributed by atoms with Crippen LogP contribution in [0.5, 0.6) is 0 Å². The molecule has 1 aromatic carbocycles. The molecule has 0 aliphatic heterocycles. The molecule has 0 saturated heterocycles. The number of H-pyrrole nitrogens is 3. The Balaban J connectivity index is 1.59. The summed E-state index contributed by atoms with van der Waals surface area (Å²) in [4.78, 5) is 7.83. The second-order valence-corrected chi connectivity index (χ2v) is 8.40.